The van der Waals surface area contributed by atoms with Gasteiger partial charge in [0.15, 0.2) is 0 Å². The number of esters is 1. The predicted octanol–water partition coefficient (Wildman–Crippen LogP) is 2.33. The van der Waals surface area contributed by atoms with Gasteiger partial charge >= 0.3 is 5.97 Å². The molecule has 0 bridgehead atoms. The Labute approximate surface area is 112 Å². The van der Waals surface area contributed by atoms with Crippen molar-refractivity contribution in [3.63, 3.8) is 0 Å². The SMILES string of the molecule is CCOC(=O)CC1c2ncccc2Cn2cccc21. The van der Waals surface area contributed by atoms with Crippen LogP contribution in [0.15, 0.2) is 36.7 Å². The number of aromatic nitrogens is 2. The maximum Gasteiger partial charge on any atom is 0.306 e. The van der Waals surface area contributed by atoms with Crippen molar-refractivity contribution in [2.75, 3.05) is 6.61 Å². The van der Waals surface area contributed by atoms with Crippen LogP contribution in [0.4, 0.5) is 0 Å². The van der Waals surface area contributed by atoms with Crippen molar-refractivity contribution in [2.45, 2.75) is 25.8 Å². The van der Waals surface area contributed by atoms with E-state index in [2.05, 4.69) is 21.7 Å². The summed E-state index contributed by atoms with van der Waals surface area (Å²) in [6, 6.07) is 8.08. The molecule has 2 aromatic rings. The molecule has 1 atom stereocenters. The van der Waals surface area contributed by atoms with Gasteiger partial charge in [-0.05, 0) is 30.7 Å². The fraction of sp³-hybridized carbons (Fsp3) is 0.333. The quantitative estimate of drug-likeness (QED) is 0.792. The molecule has 4 nitrogen and oxygen atoms in total. The topological polar surface area (TPSA) is 44.1 Å². The average Bonchev–Trinajstić information content (AvgIpc) is 2.87. The van der Waals surface area contributed by atoms with E-state index >= 15 is 0 Å². The molecule has 1 aliphatic heterocycles. The Balaban J connectivity index is 1.97. The van der Waals surface area contributed by atoms with E-state index in [1.54, 1.807) is 6.20 Å². The lowest BCUT2D eigenvalue weighted by molar-refractivity contribution is -0.143. The second kappa shape index (κ2) is 4.88. The minimum atomic E-state index is -0.168. The molecule has 98 valence electrons. The van der Waals surface area contributed by atoms with E-state index in [1.807, 2.05) is 25.3 Å². The fourth-order valence-electron chi connectivity index (χ4n) is 2.70. The second-order valence-corrected chi connectivity index (χ2v) is 4.67. The van der Waals surface area contributed by atoms with E-state index in [4.69, 9.17) is 4.74 Å². The summed E-state index contributed by atoms with van der Waals surface area (Å²) in [5.41, 5.74) is 3.32. The van der Waals surface area contributed by atoms with Crippen LogP contribution in [-0.2, 0) is 16.1 Å². The van der Waals surface area contributed by atoms with Crippen LogP contribution in [0.5, 0.6) is 0 Å². The lowest BCUT2D eigenvalue weighted by Crippen LogP contribution is -2.22. The van der Waals surface area contributed by atoms with E-state index in [0.29, 0.717) is 13.0 Å². The van der Waals surface area contributed by atoms with Crippen LogP contribution in [0.3, 0.4) is 0 Å². The Morgan fingerprint density at radius 2 is 2.37 bits per heavy atom. The largest absolute Gasteiger partial charge is 0.466 e. The first-order chi connectivity index (χ1) is 9.29. The van der Waals surface area contributed by atoms with Crippen LogP contribution in [0.1, 0.15) is 36.2 Å². The van der Waals surface area contributed by atoms with Crippen molar-refractivity contribution < 1.29 is 9.53 Å². The smallest absolute Gasteiger partial charge is 0.306 e. The lowest BCUT2D eigenvalue weighted by atomic mass is 9.90. The van der Waals surface area contributed by atoms with E-state index in [1.165, 1.54) is 5.56 Å². The van der Waals surface area contributed by atoms with Crippen LogP contribution in [-0.4, -0.2) is 22.1 Å². The highest BCUT2D eigenvalue weighted by Gasteiger charge is 2.28. The molecular weight excluding hydrogens is 240 g/mol. The van der Waals surface area contributed by atoms with E-state index in [0.717, 1.165) is 17.9 Å². The number of fused-ring (bicyclic) bond motifs is 2. The summed E-state index contributed by atoms with van der Waals surface area (Å²) >= 11 is 0. The Morgan fingerprint density at radius 3 is 3.21 bits per heavy atom. The molecule has 0 aromatic carbocycles. The molecule has 1 unspecified atom stereocenters. The van der Waals surface area contributed by atoms with Gasteiger partial charge in [0.1, 0.15) is 0 Å². The van der Waals surface area contributed by atoms with Crippen LogP contribution < -0.4 is 0 Å². The summed E-state index contributed by atoms with van der Waals surface area (Å²) in [7, 11) is 0. The molecule has 3 rings (SSSR count). The molecule has 0 aliphatic carbocycles. The average molecular weight is 256 g/mol. The van der Waals surface area contributed by atoms with Crippen molar-refractivity contribution in [3.05, 3.63) is 53.6 Å². The first kappa shape index (κ1) is 12.0. The van der Waals surface area contributed by atoms with Crippen molar-refractivity contribution in [3.8, 4) is 0 Å². The van der Waals surface area contributed by atoms with E-state index < -0.39 is 0 Å². The van der Waals surface area contributed by atoms with Gasteiger partial charge < -0.3 is 9.30 Å². The van der Waals surface area contributed by atoms with Crippen molar-refractivity contribution in [1.82, 2.24) is 9.55 Å². The Morgan fingerprint density at radius 1 is 1.47 bits per heavy atom. The first-order valence-corrected chi connectivity index (χ1v) is 6.54. The van der Waals surface area contributed by atoms with Crippen LogP contribution in [0, 0.1) is 0 Å². The van der Waals surface area contributed by atoms with Crippen molar-refractivity contribution in [2.24, 2.45) is 0 Å². The maximum absolute atomic E-state index is 11.8. The van der Waals surface area contributed by atoms with Gasteiger partial charge in [0.2, 0.25) is 0 Å². The van der Waals surface area contributed by atoms with Gasteiger partial charge in [-0.2, -0.15) is 0 Å². The number of hydrogen-bond donors (Lipinski definition) is 0. The Kier molecular flexibility index (Phi) is 3.07. The van der Waals surface area contributed by atoms with Gasteiger partial charge in [0, 0.05) is 24.6 Å². The maximum atomic E-state index is 11.8. The first-order valence-electron chi connectivity index (χ1n) is 6.54. The molecule has 0 radical (unpaired) electrons. The minimum absolute atomic E-state index is 0.000926. The molecule has 1 aliphatic rings. The monoisotopic (exact) mass is 256 g/mol. The zero-order valence-electron chi connectivity index (χ0n) is 10.9. The van der Waals surface area contributed by atoms with Gasteiger partial charge in [-0.3, -0.25) is 9.78 Å². The summed E-state index contributed by atoms with van der Waals surface area (Å²) in [5.74, 6) is -0.169. The third kappa shape index (κ3) is 2.14. The molecule has 4 heteroatoms. The minimum Gasteiger partial charge on any atom is -0.466 e. The summed E-state index contributed by atoms with van der Waals surface area (Å²) in [6.07, 6.45) is 4.18. The zero-order valence-corrected chi connectivity index (χ0v) is 10.9. The molecule has 0 saturated carbocycles. The van der Waals surface area contributed by atoms with Gasteiger partial charge in [0.25, 0.3) is 0 Å². The summed E-state index contributed by atoms with van der Waals surface area (Å²) in [5, 5.41) is 0. The highest BCUT2D eigenvalue weighted by molar-refractivity contribution is 5.71. The van der Waals surface area contributed by atoms with Gasteiger partial charge in [-0.15, -0.1) is 0 Å². The van der Waals surface area contributed by atoms with Crippen molar-refractivity contribution >= 4 is 5.97 Å². The van der Waals surface area contributed by atoms with Gasteiger partial charge in [-0.1, -0.05) is 6.07 Å². The highest BCUT2D eigenvalue weighted by atomic mass is 16.5. The summed E-state index contributed by atoms with van der Waals surface area (Å²) in [4.78, 5) is 16.3. The van der Waals surface area contributed by atoms with Crippen LogP contribution in [0.2, 0.25) is 0 Å². The van der Waals surface area contributed by atoms with E-state index in [-0.39, 0.29) is 11.9 Å². The number of ether oxygens (including phenoxy) is 1. The number of pyridine rings is 1. The number of nitrogens with zero attached hydrogens (tertiary/aromatic N) is 2. The van der Waals surface area contributed by atoms with Crippen molar-refractivity contribution in [1.29, 1.82) is 0 Å². The molecule has 2 aromatic heterocycles. The zero-order chi connectivity index (χ0) is 13.2. The van der Waals surface area contributed by atoms with Crippen LogP contribution >= 0.6 is 0 Å². The lowest BCUT2D eigenvalue weighted by Gasteiger charge is -2.26. The Bertz CT molecular complexity index is 604. The molecule has 0 N–H and O–H groups in total. The molecule has 0 fully saturated rings. The highest BCUT2D eigenvalue weighted by Crippen LogP contribution is 2.34. The molecule has 0 spiro atoms. The summed E-state index contributed by atoms with van der Waals surface area (Å²) in [6.45, 7) is 3.07. The third-order valence-electron chi connectivity index (χ3n) is 3.49. The van der Waals surface area contributed by atoms with Crippen LogP contribution in [0.25, 0.3) is 0 Å². The number of hydrogen-bond acceptors (Lipinski definition) is 3. The van der Waals surface area contributed by atoms with E-state index in [9.17, 15) is 4.79 Å². The number of carbonyl (C=O) groups is 1. The molecule has 19 heavy (non-hydrogen) atoms. The number of carbonyl (C=O) groups excluding carboxylic acids is 1. The Hall–Kier alpha value is -2.10. The standard InChI is InChI=1S/C15H16N2O2/c1-2-19-14(18)9-12-13-6-4-8-17(13)10-11-5-3-7-16-15(11)12/h3-8,12H,2,9-10H2,1H3. The summed E-state index contributed by atoms with van der Waals surface area (Å²) < 4.78 is 7.25. The molecule has 0 amide bonds. The number of rotatable bonds is 3. The molecule has 3 heterocycles. The predicted molar refractivity (Wildman–Crippen MR) is 70.9 cm³/mol. The molecular formula is C15H16N2O2. The van der Waals surface area contributed by atoms with Gasteiger partial charge in [-0.25, -0.2) is 0 Å². The van der Waals surface area contributed by atoms with Gasteiger partial charge in [0.05, 0.1) is 24.6 Å². The normalized spacial score (nSPS) is 16.6. The fourth-order valence-corrected chi connectivity index (χ4v) is 2.70. The third-order valence-corrected chi connectivity index (χ3v) is 3.49. The second-order valence-electron chi connectivity index (χ2n) is 4.67. The molecule has 0 saturated heterocycles.